The number of hydrogen-bond donors (Lipinski definition) is 0. The zero-order valence-corrected chi connectivity index (χ0v) is 11.7. The van der Waals surface area contributed by atoms with Gasteiger partial charge in [0.25, 0.3) is 0 Å². The second-order valence-corrected chi connectivity index (χ2v) is 5.51. The lowest BCUT2D eigenvalue weighted by Crippen LogP contribution is -2.08. The van der Waals surface area contributed by atoms with E-state index in [1.807, 2.05) is 13.0 Å². The van der Waals surface area contributed by atoms with Gasteiger partial charge >= 0.3 is 0 Å². The van der Waals surface area contributed by atoms with Crippen LogP contribution in [0.2, 0.25) is 0 Å². The molecule has 0 spiro atoms. The minimum atomic E-state index is 0.469. The van der Waals surface area contributed by atoms with Crippen LogP contribution < -0.4 is 4.74 Å². The predicted octanol–water partition coefficient (Wildman–Crippen LogP) is 3.23. The van der Waals surface area contributed by atoms with Gasteiger partial charge < -0.3 is 4.74 Å². The number of ether oxygens (including phenoxy) is 1. The summed E-state index contributed by atoms with van der Waals surface area (Å²) in [4.78, 5) is 8.77. The summed E-state index contributed by atoms with van der Waals surface area (Å²) in [5.74, 6) is 1.36. The molecule has 1 unspecified atom stereocenters. The van der Waals surface area contributed by atoms with E-state index in [1.54, 1.807) is 6.33 Å². The summed E-state index contributed by atoms with van der Waals surface area (Å²) < 4.78 is 5.34. The Bertz CT molecular complexity index is 318. The molecule has 0 aliphatic rings. The number of aromatic nitrogens is 2. The molecule has 1 rings (SSSR count). The summed E-state index contributed by atoms with van der Waals surface area (Å²) in [5, 5.41) is 0. The fraction of sp³-hybridized carbons (Fsp3) is 0.667. The molecule has 1 aromatic heterocycles. The van der Waals surface area contributed by atoms with Gasteiger partial charge in [-0.25, -0.2) is 9.97 Å². The average molecular weight is 287 g/mol. The number of nitrogens with zero attached hydrogens (tertiary/aromatic N) is 2. The molecule has 0 saturated carbocycles. The van der Waals surface area contributed by atoms with E-state index in [2.05, 4.69) is 39.7 Å². The minimum Gasteiger partial charge on any atom is -0.478 e. The van der Waals surface area contributed by atoms with Crippen LogP contribution in [0, 0.1) is 5.92 Å². The molecule has 1 atom stereocenters. The van der Waals surface area contributed by atoms with Crippen molar-refractivity contribution in [2.24, 2.45) is 5.92 Å². The van der Waals surface area contributed by atoms with Crippen molar-refractivity contribution >= 4 is 15.9 Å². The van der Waals surface area contributed by atoms with Gasteiger partial charge in [-0.15, -0.1) is 0 Å². The summed E-state index contributed by atoms with van der Waals surface area (Å²) in [6, 6.07) is 1.91. The van der Waals surface area contributed by atoms with E-state index in [-0.39, 0.29) is 0 Å². The van der Waals surface area contributed by atoms with Crippen molar-refractivity contribution < 1.29 is 4.74 Å². The third kappa shape index (κ3) is 4.92. The summed E-state index contributed by atoms with van der Waals surface area (Å²) in [7, 11) is 0. The quantitative estimate of drug-likeness (QED) is 0.753. The Labute approximate surface area is 106 Å². The predicted molar refractivity (Wildman–Crippen MR) is 69.1 cm³/mol. The van der Waals surface area contributed by atoms with Crippen molar-refractivity contribution in [3.63, 3.8) is 0 Å². The van der Waals surface area contributed by atoms with Gasteiger partial charge in [0, 0.05) is 23.0 Å². The summed E-state index contributed by atoms with van der Waals surface area (Å²) in [6.45, 7) is 7.04. The minimum absolute atomic E-state index is 0.469. The Morgan fingerprint density at radius 3 is 2.75 bits per heavy atom. The maximum absolute atomic E-state index is 5.34. The fourth-order valence-corrected chi connectivity index (χ4v) is 2.62. The van der Waals surface area contributed by atoms with Gasteiger partial charge in [0.1, 0.15) is 6.33 Å². The van der Waals surface area contributed by atoms with Crippen LogP contribution in [0.25, 0.3) is 0 Å². The van der Waals surface area contributed by atoms with Gasteiger partial charge in [-0.2, -0.15) is 0 Å². The van der Waals surface area contributed by atoms with Crippen molar-refractivity contribution in [3.05, 3.63) is 18.1 Å². The number of alkyl halides is 1. The molecule has 0 bridgehead atoms. The molecule has 1 aromatic rings. The highest BCUT2D eigenvalue weighted by Gasteiger charge is 2.09. The van der Waals surface area contributed by atoms with Gasteiger partial charge in [-0.3, -0.25) is 0 Å². The first-order valence-electron chi connectivity index (χ1n) is 5.69. The van der Waals surface area contributed by atoms with Gasteiger partial charge in [-0.05, 0) is 19.3 Å². The molecular weight excluding hydrogens is 268 g/mol. The first kappa shape index (κ1) is 13.4. The molecule has 90 valence electrons. The lowest BCUT2D eigenvalue weighted by molar-refractivity contribution is 0.325. The van der Waals surface area contributed by atoms with Crippen molar-refractivity contribution in [2.45, 2.75) is 38.4 Å². The largest absolute Gasteiger partial charge is 0.478 e. The van der Waals surface area contributed by atoms with Crippen LogP contribution in [0.1, 0.15) is 32.9 Å². The normalized spacial score (nSPS) is 12.8. The van der Waals surface area contributed by atoms with Crippen molar-refractivity contribution in [2.75, 3.05) is 6.61 Å². The molecule has 0 radical (unpaired) electrons. The number of halogens is 1. The third-order valence-electron chi connectivity index (χ3n) is 2.15. The second-order valence-electron chi connectivity index (χ2n) is 4.21. The van der Waals surface area contributed by atoms with Crippen molar-refractivity contribution in [3.8, 4) is 5.88 Å². The van der Waals surface area contributed by atoms with E-state index in [9.17, 15) is 0 Å². The van der Waals surface area contributed by atoms with E-state index in [0.29, 0.717) is 23.2 Å². The Hall–Kier alpha value is -0.640. The second kappa shape index (κ2) is 6.84. The molecule has 0 aliphatic heterocycles. The summed E-state index contributed by atoms with van der Waals surface area (Å²) >= 11 is 3.68. The van der Waals surface area contributed by atoms with E-state index >= 15 is 0 Å². The first-order valence-corrected chi connectivity index (χ1v) is 6.61. The van der Waals surface area contributed by atoms with Crippen LogP contribution in [0.5, 0.6) is 5.88 Å². The highest BCUT2D eigenvalue weighted by atomic mass is 79.9. The van der Waals surface area contributed by atoms with E-state index < -0.39 is 0 Å². The van der Waals surface area contributed by atoms with Gasteiger partial charge in [0.15, 0.2) is 0 Å². The first-order chi connectivity index (χ1) is 7.61. The van der Waals surface area contributed by atoms with Crippen LogP contribution in [0.4, 0.5) is 0 Å². The van der Waals surface area contributed by atoms with Gasteiger partial charge in [0.2, 0.25) is 5.88 Å². The number of rotatable bonds is 6. The smallest absolute Gasteiger partial charge is 0.216 e. The van der Waals surface area contributed by atoms with Crippen LogP contribution in [0.3, 0.4) is 0 Å². The highest BCUT2D eigenvalue weighted by Crippen LogP contribution is 2.18. The van der Waals surface area contributed by atoms with E-state index in [4.69, 9.17) is 4.74 Å². The standard InChI is InChI=1S/C12H19BrN2O/c1-4-16-12-7-11(14-8-15-12)6-10(13)5-9(2)3/h7-10H,4-6H2,1-3H3. The Morgan fingerprint density at radius 2 is 2.12 bits per heavy atom. The van der Waals surface area contributed by atoms with Crippen molar-refractivity contribution in [1.29, 1.82) is 0 Å². The fourth-order valence-electron chi connectivity index (χ4n) is 1.54. The molecule has 0 saturated heterocycles. The SMILES string of the molecule is CCOc1cc(CC(Br)CC(C)C)ncn1. The topological polar surface area (TPSA) is 35.0 Å². The Balaban J connectivity index is 2.55. The zero-order chi connectivity index (χ0) is 12.0. The maximum atomic E-state index is 5.34. The average Bonchev–Trinajstić information content (AvgIpc) is 2.17. The molecule has 0 fully saturated rings. The molecule has 0 amide bonds. The van der Waals surface area contributed by atoms with Crippen LogP contribution in [-0.4, -0.2) is 21.4 Å². The zero-order valence-electron chi connectivity index (χ0n) is 10.1. The number of hydrogen-bond acceptors (Lipinski definition) is 3. The highest BCUT2D eigenvalue weighted by molar-refractivity contribution is 9.09. The van der Waals surface area contributed by atoms with Gasteiger partial charge in [-0.1, -0.05) is 29.8 Å². The van der Waals surface area contributed by atoms with E-state index in [1.165, 1.54) is 0 Å². The monoisotopic (exact) mass is 286 g/mol. The molecular formula is C12H19BrN2O. The molecule has 3 nitrogen and oxygen atoms in total. The molecule has 1 heterocycles. The molecule has 0 N–H and O–H groups in total. The third-order valence-corrected chi connectivity index (χ3v) is 2.85. The van der Waals surface area contributed by atoms with Crippen LogP contribution in [0.15, 0.2) is 12.4 Å². The van der Waals surface area contributed by atoms with Crippen LogP contribution in [-0.2, 0) is 6.42 Å². The summed E-state index contributed by atoms with van der Waals surface area (Å²) in [5.41, 5.74) is 1.03. The molecule has 0 aliphatic carbocycles. The Morgan fingerprint density at radius 1 is 1.38 bits per heavy atom. The van der Waals surface area contributed by atoms with E-state index in [0.717, 1.165) is 18.5 Å². The van der Waals surface area contributed by atoms with Crippen LogP contribution >= 0.6 is 15.9 Å². The molecule has 0 aromatic carbocycles. The Kier molecular flexibility index (Phi) is 5.74. The van der Waals surface area contributed by atoms with Gasteiger partial charge in [0.05, 0.1) is 6.61 Å². The maximum Gasteiger partial charge on any atom is 0.216 e. The van der Waals surface area contributed by atoms with Crippen molar-refractivity contribution in [1.82, 2.24) is 9.97 Å². The lowest BCUT2D eigenvalue weighted by Gasteiger charge is -2.12. The molecule has 4 heteroatoms. The molecule has 16 heavy (non-hydrogen) atoms. The summed E-state index contributed by atoms with van der Waals surface area (Å²) in [6.07, 6.45) is 3.63. The lowest BCUT2D eigenvalue weighted by atomic mass is 10.1.